The number of hydrogen-bond donors (Lipinski definition) is 1. The summed E-state index contributed by atoms with van der Waals surface area (Å²) in [5.41, 5.74) is 7.07. The van der Waals surface area contributed by atoms with Crippen molar-refractivity contribution >= 4 is 5.97 Å². The molecule has 0 fully saturated rings. The molecule has 2 N–H and O–H groups in total. The quantitative estimate of drug-likeness (QED) is 0.718. The van der Waals surface area contributed by atoms with Gasteiger partial charge in [-0.2, -0.15) is 5.26 Å². The number of rotatable bonds is 7. The van der Waals surface area contributed by atoms with Crippen LogP contribution >= 0.6 is 0 Å². The highest BCUT2D eigenvalue weighted by Gasteiger charge is 2.36. The van der Waals surface area contributed by atoms with Gasteiger partial charge in [-0.25, -0.2) is 9.78 Å². The molecule has 0 radical (unpaired) electrons. The molecule has 2 heterocycles. The molecule has 1 aliphatic heterocycles. The van der Waals surface area contributed by atoms with E-state index in [0.29, 0.717) is 24.7 Å². The average Bonchev–Trinajstić information content (AvgIpc) is 3.21. The Morgan fingerprint density at radius 1 is 1.38 bits per heavy atom. The predicted octanol–water partition coefficient (Wildman–Crippen LogP) is 2.61. The minimum atomic E-state index is -0.659. The molecule has 0 bridgehead atoms. The number of benzene rings is 1. The average molecular weight is 394 g/mol. The van der Waals surface area contributed by atoms with E-state index in [1.807, 2.05) is 10.8 Å². The van der Waals surface area contributed by atoms with Crippen LogP contribution in [0.25, 0.3) is 0 Å². The van der Waals surface area contributed by atoms with Gasteiger partial charge in [-0.1, -0.05) is 12.1 Å². The molecule has 0 aliphatic carbocycles. The van der Waals surface area contributed by atoms with Gasteiger partial charge in [0, 0.05) is 12.4 Å². The van der Waals surface area contributed by atoms with Crippen LogP contribution in [0, 0.1) is 11.3 Å². The van der Waals surface area contributed by atoms with Crippen molar-refractivity contribution in [1.82, 2.24) is 9.55 Å². The molecule has 2 aromatic rings. The SMILES string of the molecule is CCOC(=O)C1=C(C)OC(N)=C(C#N)C1c1ccc(OCCn2ccnc2)cc1. The molecule has 29 heavy (non-hydrogen) atoms. The Morgan fingerprint density at radius 3 is 2.76 bits per heavy atom. The fraction of sp³-hybridized carbons (Fsp3) is 0.286. The lowest BCUT2D eigenvalue weighted by Gasteiger charge is -2.26. The first kappa shape index (κ1) is 20.0. The van der Waals surface area contributed by atoms with Crippen molar-refractivity contribution in [2.75, 3.05) is 13.2 Å². The minimum Gasteiger partial charge on any atom is -0.492 e. The smallest absolute Gasteiger partial charge is 0.338 e. The lowest BCUT2D eigenvalue weighted by Crippen LogP contribution is -2.25. The number of hydrogen-bond acceptors (Lipinski definition) is 7. The van der Waals surface area contributed by atoms with Crippen molar-refractivity contribution < 1.29 is 19.0 Å². The van der Waals surface area contributed by atoms with Crippen LogP contribution in [-0.4, -0.2) is 28.7 Å². The van der Waals surface area contributed by atoms with E-state index in [9.17, 15) is 10.1 Å². The van der Waals surface area contributed by atoms with Crippen LogP contribution in [0.2, 0.25) is 0 Å². The number of esters is 1. The number of ether oxygens (including phenoxy) is 3. The summed E-state index contributed by atoms with van der Waals surface area (Å²) < 4.78 is 18.2. The molecule has 1 unspecified atom stereocenters. The second kappa shape index (κ2) is 8.97. The third-order valence-electron chi connectivity index (χ3n) is 4.49. The van der Waals surface area contributed by atoms with E-state index in [1.54, 1.807) is 50.6 Å². The van der Waals surface area contributed by atoms with E-state index >= 15 is 0 Å². The van der Waals surface area contributed by atoms with Crippen molar-refractivity contribution in [3.05, 3.63) is 71.3 Å². The molecule has 1 aromatic carbocycles. The number of carbonyl (C=O) groups is 1. The van der Waals surface area contributed by atoms with Crippen molar-refractivity contribution in [2.24, 2.45) is 5.73 Å². The maximum Gasteiger partial charge on any atom is 0.338 e. The number of imidazole rings is 1. The molecular formula is C21H22N4O4. The number of nitrogens with zero attached hydrogens (tertiary/aromatic N) is 3. The van der Waals surface area contributed by atoms with Gasteiger partial charge in [0.05, 0.1) is 31.0 Å². The van der Waals surface area contributed by atoms with E-state index in [1.165, 1.54) is 0 Å². The summed E-state index contributed by atoms with van der Waals surface area (Å²) in [6.45, 7) is 4.73. The van der Waals surface area contributed by atoms with Gasteiger partial charge in [-0.3, -0.25) is 0 Å². The Kier molecular flexibility index (Phi) is 6.19. The first-order chi connectivity index (χ1) is 14.0. The topological polar surface area (TPSA) is 112 Å². The first-order valence-corrected chi connectivity index (χ1v) is 9.19. The zero-order valence-electron chi connectivity index (χ0n) is 16.3. The van der Waals surface area contributed by atoms with Crippen LogP contribution < -0.4 is 10.5 Å². The molecule has 8 nitrogen and oxygen atoms in total. The van der Waals surface area contributed by atoms with E-state index < -0.39 is 11.9 Å². The maximum absolute atomic E-state index is 12.5. The molecule has 0 saturated heterocycles. The Balaban J connectivity index is 1.82. The molecule has 3 rings (SSSR count). The number of carbonyl (C=O) groups excluding carboxylic acids is 1. The predicted molar refractivity (Wildman–Crippen MR) is 104 cm³/mol. The monoisotopic (exact) mass is 394 g/mol. The van der Waals surface area contributed by atoms with Crippen LogP contribution in [0.5, 0.6) is 5.75 Å². The second-order valence-corrected chi connectivity index (χ2v) is 6.33. The third-order valence-corrected chi connectivity index (χ3v) is 4.49. The summed E-state index contributed by atoms with van der Waals surface area (Å²) in [5.74, 6) is -0.201. The van der Waals surface area contributed by atoms with Crippen LogP contribution in [-0.2, 0) is 20.8 Å². The van der Waals surface area contributed by atoms with Gasteiger partial charge in [0.2, 0.25) is 5.88 Å². The minimum absolute atomic E-state index is 0.0105. The van der Waals surface area contributed by atoms with Crippen molar-refractivity contribution in [1.29, 1.82) is 5.26 Å². The zero-order chi connectivity index (χ0) is 20.8. The summed E-state index contributed by atoms with van der Waals surface area (Å²) in [5, 5.41) is 9.60. The number of nitrogens with two attached hydrogens (primary N) is 1. The van der Waals surface area contributed by atoms with Crippen molar-refractivity contribution in [3.8, 4) is 11.8 Å². The standard InChI is InChI=1S/C21H22N4O4/c1-3-27-21(26)18-14(2)29-20(23)17(12-22)19(18)15-4-6-16(7-5-15)28-11-10-25-9-8-24-13-25/h4-9,13,19H,3,10-11,23H2,1-2H3. The van der Waals surface area contributed by atoms with Gasteiger partial charge in [-0.05, 0) is 31.5 Å². The molecule has 1 aliphatic rings. The van der Waals surface area contributed by atoms with E-state index in [2.05, 4.69) is 11.1 Å². The molecular weight excluding hydrogens is 372 g/mol. The first-order valence-electron chi connectivity index (χ1n) is 9.19. The number of nitriles is 1. The molecule has 0 saturated carbocycles. The molecule has 8 heteroatoms. The second-order valence-electron chi connectivity index (χ2n) is 6.33. The van der Waals surface area contributed by atoms with Gasteiger partial charge in [0.15, 0.2) is 0 Å². The lowest BCUT2D eigenvalue weighted by atomic mass is 9.83. The van der Waals surface area contributed by atoms with E-state index in [-0.39, 0.29) is 23.6 Å². The van der Waals surface area contributed by atoms with Gasteiger partial charge in [-0.15, -0.1) is 0 Å². The Labute approximate surface area is 168 Å². The molecule has 0 spiro atoms. The Bertz CT molecular complexity index is 969. The number of aromatic nitrogens is 2. The Morgan fingerprint density at radius 2 is 2.14 bits per heavy atom. The summed E-state index contributed by atoms with van der Waals surface area (Å²) in [7, 11) is 0. The summed E-state index contributed by atoms with van der Waals surface area (Å²) in [6.07, 6.45) is 5.30. The zero-order valence-corrected chi connectivity index (χ0v) is 16.3. The molecule has 1 atom stereocenters. The van der Waals surface area contributed by atoms with Gasteiger partial charge in [0.1, 0.15) is 29.8 Å². The van der Waals surface area contributed by atoms with Crippen LogP contribution in [0.15, 0.2) is 65.8 Å². The normalized spacial score (nSPS) is 16.2. The summed E-state index contributed by atoms with van der Waals surface area (Å²) in [4.78, 5) is 16.5. The molecule has 0 amide bonds. The fourth-order valence-corrected chi connectivity index (χ4v) is 3.13. The largest absolute Gasteiger partial charge is 0.492 e. The van der Waals surface area contributed by atoms with Gasteiger partial charge >= 0.3 is 5.97 Å². The van der Waals surface area contributed by atoms with E-state index in [4.69, 9.17) is 19.9 Å². The van der Waals surface area contributed by atoms with Crippen LogP contribution in [0.1, 0.15) is 25.3 Å². The van der Waals surface area contributed by atoms with E-state index in [0.717, 1.165) is 5.56 Å². The van der Waals surface area contributed by atoms with Crippen LogP contribution in [0.4, 0.5) is 0 Å². The highest BCUT2D eigenvalue weighted by Crippen LogP contribution is 2.39. The van der Waals surface area contributed by atoms with Gasteiger partial charge < -0.3 is 24.5 Å². The summed E-state index contributed by atoms with van der Waals surface area (Å²) in [6, 6.07) is 9.26. The Hall–Kier alpha value is -3.73. The molecule has 150 valence electrons. The maximum atomic E-state index is 12.5. The highest BCUT2D eigenvalue weighted by molar-refractivity contribution is 5.92. The van der Waals surface area contributed by atoms with Crippen molar-refractivity contribution in [2.45, 2.75) is 26.3 Å². The summed E-state index contributed by atoms with van der Waals surface area (Å²) >= 11 is 0. The third kappa shape index (κ3) is 4.41. The van der Waals surface area contributed by atoms with Gasteiger partial charge in [0.25, 0.3) is 0 Å². The van der Waals surface area contributed by atoms with Crippen molar-refractivity contribution in [3.63, 3.8) is 0 Å². The highest BCUT2D eigenvalue weighted by atomic mass is 16.5. The molecule has 1 aromatic heterocycles. The lowest BCUT2D eigenvalue weighted by molar-refractivity contribution is -0.139. The number of allylic oxidation sites excluding steroid dienone is 2. The van der Waals surface area contributed by atoms with Crippen LogP contribution in [0.3, 0.4) is 0 Å². The fourth-order valence-electron chi connectivity index (χ4n) is 3.13.